The van der Waals surface area contributed by atoms with E-state index in [2.05, 4.69) is 16.7 Å². The molecule has 0 spiro atoms. The summed E-state index contributed by atoms with van der Waals surface area (Å²) in [5, 5.41) is 20.1. The maximum atomic E-state index is 11.5. The minimum absolute atomic E-state index is 0. The molecule has 3 heterocycles. The molecule has 5 nitrogen and oxygen atoms in total. The zero-order valence-corrected chi connectivity index (χ0v) is 15.9. The van der Waals surface area contributed by atoms with Gasteiger partial charge in [-0.3, -0.25) is 9.69 Å². The van der Waals surface area contributed by atoms with Crippen molar-refractivity contribution < 1.29 is 19.7 Å². The molecule has 2 unspecified atom stereocenters. The van der Waals surface area contributed by atoms with E-state index in [0.717, 1.165) is 42.6 Å². The van der Waals surface area contributed by atoms with Gasteiger partial charge in [0.25, 0.3) is 0 Å². The Morgan fingerprint density at radius 2 is 2.07 bits per heavy atom. The van der Waals surface area contributed by atoms with Crippen molar-refractivity contribution in [1.29, 1.82) is 0 Å². The lowest BCUT2D eigenvalue weighted by molar-refractivity contribution is -0.143. The lowest BCUT2D eigenvalue weighted by atomic mass is 9.81. The summed E-state index contributed by atoms with van der Waals surface area (Å²) in [7, 11) is 0. The van der Waals surface area contributed by atoms with Gasteiger partial charge in [0.1, 0.15) is 0 Å². The van der Waals surface area contributed by atoms with Crippen LogP contribution in [0, 0.1) is 17.8 Å². The second kappa shape index (κ2) is 9.94. The monoisotopic (exact) mass is 368 g/mol. The van der Waals surface area contributed by atoms with Gasteiger partial charge in [-0.2, -0.15) is 0 Å². The first-order chi connectivity index (χ1) is 12.6. The van der Waals surface area contributed by atoms with Crippen LogP contribution in [0.3, 0.4) is 0 Å². The number of ether oxygens (including phenoxy) is 1. The van der Waals surface area contributed by atoms with Crippen LogP contribution in [0.25, 0.3) is 0 Å². The molecule has 2 N–H and O–H groups in total. The van der Waals surface area contributed by atoms with Gasteiger partial charge in [-0.1, -0.05) is 24.0 Å². The molecule has 27 heavy (non-hydrogen) atoms. The van der Waals surface area contributed by atoms with E-state index in [9.17, 15) is 15.0 Å². The predicted octanol–water partition coefficient (Wildman–Crippen LogP) is 1.10. The smallest absolute Gasteiger partial charge is 0.306 e. The van der Waals surface area contributed by atoms with Gasteiger partial charge < -0.3 is 14.9 Å². The highest BCUT2D eigenvalue weighted by molar-refractivity contribution is 5.75. The number of fused-ring (bicyclic) bond motifs is 3. The van der Waals surface area contributed by atoms with E-state index in [0.29, 0.717) is 25.4 Å². The number of piperidine rings is 3. The average molecular weight is 368 g/mol. The molecular weight excluding hydrogens is 341 g/mol. The van der Waals surface area contributed by atoms with Crippen LogP contribution in [0.1, 0.15) is 42.9 Å². The van der Waals surface area contributed by atoms with Crippen molar-refractivity contribution in [3.05, 3.63) is 34.9 Å². The molecule has 0 aromatic heterocycles. The number of aryl methyl sites for hydroxylation is 1. The lowest BCUT2D eigenvalue weighted by Gasteiger charge is -2.46. The Morgan fingerprint density at radius 1 is 1.33 bits per heavy atom. The highest BCUT2D eigenvalue weighted by Gasteiger charge is 2.40. The summed E-state index contributed by atoms with van der Waals surface area (Å²) < 4.78 is 4.94. The Balaban J connectivity index is 0.00000261. The Kier molecular flexibility index (Phi) is 7.91. The topological polar surface area (TPSA) is 70.0 Å². The Labute approximate surface area is 163 Å². The van der Waals surface area contributed by atoms with Gasteiger partial charge in [0, 0.05) is 20.4 Å². The second-order valence-corrected chi connectivity index (χ2v) is 7.03. The van der Waals surface area contributed by atoms with Crippen LogP contribution in [0.2, 0.25) is 0 Å². The Morgan fingerprint density at radius 3 is 2.70 bits per heavy atom. The molecule has 3 fully saturated rings. The molecule has 4 rings (SSSR count). The number of benzene rings is 1. The number of nitrogens with zero attached hydrogens (tertiary/aromatic N) is 1. The number of hydrogen-bond donors (Lipinski definition) is 2. The molecule has 2 bridgehead atoms. The van der Waals surface area contributed by atoms with E-state index in [1.54, 1.807) is 6.92 Å². The minimum atomic E-state index is -0.383. The molecule has 6 heteroatoms. The molecule has 0 amide bonds. The first-order valence-electron chi connectivity index (χ1n) is 9.44. The third-order valence-electron chi connectivity index (χ3n) is 5.39. The fourth-order valence-corrected chi connectivity index (χ4v) is 3.88. The number of aliphatic hydroxyl groups is 2. The van der Waals surface area contributed by atoms with Gasteiger partial charge in [0.05, 0.1) is 25.4 Å². The molecule has 0 aliphatic carbocycles. The first kappa shape index (κ1) is 21.5. The van der Waals surface area contributed by atoms with Crippen LogP contribution in [0.5, 0.6) is 0 Å². The fourth-order valence-electron chi connectivity index (χ4n) is 3.88. The van der Waals surface area contributed by atoms with Crippen LogP contribution in [-0.2, 0) is 22.6 Å². The Bertz CT molecular complexity index is 702. The predicted molar refractivity (Wildman–Crippen MR) is 104 cm³/mol. The van der Waals surface area contributed by atoms with Crippen LogP contribution < -0.4 is 0 Å². The largest absolute Gasteiger partial charge is 0.466 e. The van der Waals surface area contributed by atoms with Gasteiger partial charge in [0.15, 0.2) is 0 Å². The van der Waals surface area contributed by atoms with Gasteiger partial charge in [0.2, 0.25) is 0 Å². The molecule has 3 saturated heterocycles. The van der Waals surface area contributed by atoms with Crippen molar-refractivity contribution in [2.45, 2.75) is 51.4 Å². The van der Waals surface area contributed by atoms with Crippen molar-refractivity contribution >= 4 is 14.4 Å². The summed E-state index contributed by atoms with van der Waals surface area (Å²) >= 11 is 0. The molecule has 3 aliphatic rings. The standard InChI is InChI=1S/C21H27NO4.B/c1-2-26-20(24)8-4-15-3-5-16(18(13-15)14-23)6-7-19-21(25)17-9-11-22(19)12-10-17;/h3,5,13,17,19,21,23,25H,2,4,8-12,14H2,1H3;. The molecule has 3 aliphatic heterocycles. The van der Waals surface area contributed by atoms with Crippen LogP contribution in [0.15, 0.2) is 18.2 Å². The SMILES string of the molecule is CCOC(=O)CCc1ccc(C#CC2C(O)C3CCN2CC3)c(CO)c1.[B]. The van der Waals surface area contributed by atoms with E-state index in [1.807, 2.05) is 18.2 Å². The van der Waals surface area contributed by atoms with Gasteiger partial charge in [-0.25, -0.2) is 0 Å². The summed E-state index contributed by atoms with van der Waals surface area (Å²) in [6, 6.07) is 5.61. The minimum Gasteiger partial charge on any atom is -0.466 e. The number of rotatable bonds is 5. The van der Waals surface area contributed by atoms with E-state index < -0.39 is 0 Å². The van der Waals surface area contributed by atoms with E-state index in [4.69, 9.17) is 4.74 Å². The van der Waals surface area contributed by atoms with Crippen molar-refractivity contribution in [3.63, 3.8) is 0 Å². The average Bonchev–Trinajstić information content (AvgIpc) is 2.67. The number of aliphatic hydroxyl groups excluding tert-OH is 2. The van der Waals surface area contributed by atoms with Gasteiger partial charge in [-0.05, 0) is 62.4 Å². The van der Waals surface area contributed by atoms with Gasteiger partial charge in [-0.15, -0.1) is 0 Å². The number of hydrogen-bond acceptors (Lipinski definition) is 5. The van der Waals surface area contributed by atoms with Crippen molar-refractivity contribution in [2.24, 2.45) is 5.92 Å². The molecule has 1 aromatic carbocycles. The van der Waals surface area contributed by atoms with Crippen molar-refractivity contribution in [3.8, 4) is 11.8 Å². The second-order valence-electron chi connectivity index (χ2n) is 7.03. The molecule has 2 atom stereocenters. The zero-order valence-electron chi connectivity index (χ0n) is 15.9. The Hall–Kier alpha value is -1.81. The highest BCUT2D eigenvalue weighted by atomic mass is 16.5. The molecule has 3 radical (unpaired) electrons. The summed E-state index contributed by atoms with van der Waals surface area (Å²) in [4.78, 5) is 13.7. The summed E-state index contributed by atoms with van der Waals surface area (Å²) in [6.07, 6.45) is 2.63. The van der Waals surface area contributed by atoms with Crippen molar-refractivity contribution in [1.82, 2.24) is 4.90 Å². The first-order valence-corrected chi connectivity index (χ1v) is 9.44. The van der Waals surface area contributed by atoms with E-state index >= 15 is 0 Å². The fraction of sp³-hybridized carbons (Fsp3) is 0.571. The maximum Gasteiger partial charge on any atom is 0.306 e. The number of carbonyl (C=O) groups is 1. The molecule has 1 aromatic rings. The van der Waals surface area contributed by atoms with Crippen LogP contribution >= 0.6 is 0 Å². The normalized spacial score (nSPS) is 25.9. The number of esters is 1. The summed E-state index contributed by atoms with van der Waals surface area (Å²) in [6.45, 7) is 4.08. The third kappa shape index (κ3) is 5.13. The van der Waals surface area contributed by atoms with Crippen LogP contribution in [-0.4, -0.2) is 61.3 Å². The van der Waals surface area contributed by atoms with Crippen LogP contribution in [0.4, 0.5) is 0 Å². The highest BCUT2D eigenvalue weighted by Crippen LogP contribution is 2.32. The summed E-state index contributed by atoms with van der Waals surface area (Å²) in [5.74, 6) is 6.53. The summed E-state index contributed by atoms with van der Waals surface area (Å²) in [5.41, 5.74) is 2.51. The van der Waals surface area contributed by atoms with E-state index in [1.165, 1.54) is 0 Å². The van der Waals surface area contributed by atoms with E-state index in [-0.39, 0.29) is 33.1 Å². The lowest BCUT2D eigenvalue weighted by Crippen LogP contribution is -2.57. The number of carbonyl (C=O) groups excluding carboxylic acids is 1. The molecular formula is C21H27BNO4. The van der Waals surface area contributed by atoms with Crippen molar-refractivity contribution in [2.75, 3.05) is 19.7 Å². The maximum absolute atomic E-state index is 11.5. The zero-order chi connectivity index (χ0) is 18.5. The molecule has 0 saturated carbocycles. The van der Waals surface area contributed by atoms with Gasteiger partial charge >= 0.3 is 5.97 Å². The third-order valence-corrected chi connectivity index (χ3v) is 5.39. The quantitative estimate of drug-likeness (QED) is 0.463. The molecule has 143 valence electrons.